The van der Waals surface area contributed by atoms with Crippen molar-refractivity contribution >= 4 is 29.9 Å². The Bertz CT molecular complexity index is 360. The fourth-order valence-corrected chi connectivity index (χ4v) is 1.42. The molecule has 4 heteroatoms. The van der Waals surface area contributed by atoms with E-state index >= 15 is 0 Å². The van der Waals surface area contributed by atoms with E-state index in [-0.39, 0.29) is 24.0 Å². The summed E-state index contributed by atoms with van der Waals surface area (Å²) in [7, 11) is 1.80. The molecule has 3 nitrogen and oxygen atoms in total. The van der Waals surface area contributed by atoms with Crippen LogP contribution in [0.3, 0.4) is 0 Å². The topological polar surface area (TPSA) is 36.4 Å². The largest absolute Gasteiger partial charge is 0.354 e. The molecule has 0 saturated carbocycles. The highest BCUT2D eigenvalue weighted by Crippen LogP contribution is 2.02. The van der Waals surface area contributed by atoms with E-state index in [1.807, 2.05) is 0 Å². The van der Waals surface area contributed by atoms with Crippen LogP contribution in [-0.4, -0.2) is 19.0 Å². The third-order valence-electron chi connectivity index (χ3n) is 2.80. The number of guanidine groups is 1. The maximum Gasteiger partial charge on any atom is 0.191 e. The van der Waals surface area contributed by atoms with Crippen LogP contribution in [0.15, 0.2) is 29.3 Å². The molecule has 18 heavy (non-hydrogen) atoms. The number of aliphatic imine (C=N–C) groups is 1. The highest BCUT2D eigenvalue weighted by Gasteiger charge is 2.02. The van der Waals surface area contributed by atoms with Crippen molar-refractivity contribution in [2.75, 3.05) is 7.05 Å². The minimum Gasteiger partial charge on any atom is -0.354 e. The lowest BCUT2D eigenvalue weighted by Gasteiger charge is -2.16. The lowest BCUT2D eigenvalue weighted by Crippen LogP contribution is -2.41. The maximum atomic E-state index is 4.20. The van der Waals surface area contributed by atoms with E-state index in [1.165, 1.54) is 11.1 Å². The van der Waals surface area contributed by atoms with Gasteiger partial charge in [0.2, 0.25) is 0 Å². The van der Waals surface area contributed by atoms with Crippen molar-refractivity contribution in [2.45, 2.75) is 39.8 Å². The van der Waals surface area contributed by atoms with Gasteiger partial charge in [0, 0.05) is 19.6 Å². The van der Waals surface area contributed by atoms with E-state index in [9.17, 15) is 0 Å². The summed E-state index contributed by atoms with van der Waals surface area (Å²) in [5.74, 6) is 0.861. The van der Waals surface area contributed by atoms with Gasteiger partial charge in [-0.05, 0) is 25.8 Å². The van der Waals surface area contributed by atoms with E-state index in [4.69, 9.17) is 0 Å². The number of hydrogen-bond acceptors (Lipinski definition) is 1. The van der Waals surface area contributed by atoms with E-state index in [0.717, 1.165) is 18.9 Å². The summed E-state index contributed by atoms with van der Waals surface area (Å²) in [5, 5.41) is 6.65. The monoisotopic (exact) mass is 361 g/mol. The third kappa shape index (κ3) is 6.23. The molecule has 0 aliphatic rings. The van der Waals surface area contributed by atoms with Gasteiger partial charge in [0.1, 0.15) is 0 Å². The molecule has 0 heterocycles. The normalized spacial score (nSPS) is 12.6. The molecule has 1 aromatic carbocycles. The van der Waals surface area contributed by atoms with Crippen LogP contribution in [0.4, 0.5) is 0 Å². The number of hydrogen-bond donors (Lipinski definition) is 2. The van der Waals surface area contributed by atoms with Gasteiger partial charge < -0.3 is 10.6 Å². The van der Waals surface area contributed by atoms with Gasteiger partial charge in [-0.3, -0.25) is 4.99 Å². The Balaban J connectivity index is 0.00000289. The summed E-state index contributed by atoms with van der Waals surface area (Å²) in [6, 6.07) is 8.97. The Morgan fingerprint density at radius 3 is 2.39 bits per heavy atom. The van der Waals surface area contributed by atoms with E-state index < -0.39 is 0 Å². The van der Waals surface area contributed by atoms with Gasteiger partial charge in [-0.25, -0.2) is 0 Å². The van der Waals surface area contributed by atoms with Gasteiger partial charge in [-0.2, -0.15) is 0 Å². The molecule has 102 valence electrons. The van der Waals surface area contributed by atoms with Crippen LogP contribution < -0.4 is 10.6 Å². The summed E-state index contributed by atoms with van der Waals surface area (Å²) in [6.07, 6.45) is 1.09. The van der Waals surface area contributed by atoms with Crippen molar-refractivity contribution in [3.8, 4) is 0 Å². The highest BCUT2D eigenvalue weighted by atomic mass is 127. The molecule has 0 aliphatic carbocycles. The molecule has 0 aliphatic heterocycles. The van der Waals surface area contributed by atoms with Crippen LogP contribution in [0.25, 0.3) is 0 Å². The Morgan fingerprint density at radius 2 is 1.89 bits per heavy atom. The summed E-state index contributed by atoms with van der Waals surface area (Å²) in [6.45, 7) is 7.21. The molecular formula is C14H24IN3. The molecule has 0 saturated heterocycles. The Hall–Kier alpha value is -0.780. The van der Waals surface area contributed by atoms with Crippen molar-refractivity contribution in [1.82, 2.24) is 10.6 Å². The first-order valence-electron chi connectivity index (χ1n) is 6.18. The second kappa shape index (κ2) is 9.19. The molecule has 0 aromatic heterocycles. The first kappa shape index (κ1) is 17.2. The molecule has 1 rings (SSSR count). The van der Waals surface area contributed by atoms with Crippen molar-refractivity contribution in [2.24, 2.45) is 4.99 Å². The van der Waals surface area contributed by atoms with Gasteiger partial charge in [0.15, 0.2) is 5.96 Å². The molecule has 0 amide bonds. The number of halogens is 1. The fraction of sp³-hybridized carbons (Fsp3) is 0.500. The predicted molar refractivity (Wildman–Crippen MR) is 89.7 cm³/mol. The van der Waals surface area contributed by atoms with Crippen LogP contribution in [-0.2, 0) is 6.54 Å². The van der Waals surface area contributed by atoms with Crippen molar-refractivity contribution in [3.05, 3.63) is 35.4 Å². The zero-order valence-electron chi connectivity index (χ0n) is 11.7. The van der Waals surface area contributed by atoms with E-state index in [2.05, 4.69) is 60.7 Å². The van der Waals surface area contributed by atoms with Crippen molar-refractivity contribution in [3.63, 3.8) is 0 Å². The molecular weight excluding hydrogens is 337 g/mol. The minimum absolute atomic E-state index is 0. The average Bonchev–Trinajstić information content (AvgIpc) is 2.36. The van der Waals surface area contributed by atoms with Crippen LogP contribution in [0.5, 0.6) is 0 Å². The summed E-state index contributed by atoms with van der Waals surface area (Å²) >= 11 is 0. The Labute approximate surface area is 127 Å². The van der Waals surface area contributed by atoms with Crippen LogP contribution in [0.2, 0.25) is 0 Å². The first-order valence-corrected chi connectivity index (χ1v) is 6.18. The average molecular weight is 361 g/mol. The second-order valence-electron chi connectivity index (χ2n) is 4.36. The van der Waals surface area contributed by atoms with Gasteiger partial charge >= 0.3 is 0 Å². The molecule has 0 fully saturated rings. The molecule has 2 N–H and O–H groups in total. The van der Waals surface area contributed by atoms with Crippen LogP contribution in [0.1, 0.15) is 31.4 Å². The lowest BCUT2D eigenvalue weighted by molar-refractivity contribution is 0.624. The molecule has 0 radical (unpaired) electrons. The van der Waals surface area contributed by atoms with Gasteiger partial charge in [-0.1, -0.05) is 36.8 Å². The van der Waals surface area contributed by atoms with Crippen LogP contribution in [0, 0.1) is 6.92 Å². The fourth-order valence-electron chi connectivity index (χ4n) is 1.42. The maximum absolute atomic E-state index is 4.20. The molecule has 0 bridgehead atoms. The number of rotatable bonds is 4. The smallest absolute Gasteiger partial charge is 0.191 e. The molecule has 0 spiro atoms. The van der Waals surface area contributed by atoms with Gasteiger partial charge in [-0.15, -0.1) is 24.0 Å². The SMILES string of the molecule is CCC(C)NC(=NC)NCc1ccc(C)cc1.I. The minimum atomic E-state index is 0. The molecule has 1 atom stereocenters. The number of aryl methyl sites for hydroxylation is 1. The van der Waals surface area contributed by atoms with Gasteiger partial charge in [0.25, 0.3) is 0 Å². The zero-order chi connectivity index (χ0) is 12.7. The van der Waals surface area contributed by atoms with Gasteiger partial charge in [0.05, 0.1) is 0 Å². The number of benzene rings is 1. The van der Waals surface area contributed by atoms with E-state index in [0.29, 0.717) is 6.04 Å². The standard InChI is InChI=1S/C14H23N3.HI/c1-5-12(3)17-14(15-4)16-10-13-8-6-11(2)7-9-13;/h6-9,12H,5,10H2,1-4H3,(H2,15,16,17);1H. The first-order chi connectivity index (χ1) is 8.15. The number of nitrogens with zero attached hydrogens (tertiary/aromatic N) is 1. The summed E-state index contributed by atoms with van der Waals surface area (Å²) in [4.78, 5) is 4.20. The summed E-state index contributed by atoms with van der Waals surface area (Å²) in [5.41, 5.74) is 2.55. The molecule has 1 unspecified atom stereocenters. The summed E-state index contributed by atoms with van der Waals surface area (Å²) < 4.78 is 0. The van der Waals surface area contributed by atoms with E-state index in [1.54, 1.807) is 7.05 Å². The molecule has 1 aromatic rings. The highest BCUT2D eigenvalue weighted by molar-refractivity contribution is 14.0. The van der Waals surface area contributed by atoms with Crippen molar-refractivity contribution < 1.29 is 0 Å². The Kier molecular flexibility index (Phi) is 8.79. The van der Waals surface area contributed by atoms with Crippen LogP contribution >= 0.6 is 24.0 Å². The van der Waals surface area contributed by atoms with Crippen molar-refractivity contribution in [1.29, 1.82) is 0 Å². The lowest BCUT2D eigenvalue weighted by atomic mass is 10.1. The zero-order valence-corrected chi connectivity index (χ0v) is 14.0. The Morgan fingerprint density at radius 1 is 1.28 bits per heavy atom. The quantitative estimate of drug-likeness (QED) is 0.491. The number of nitrogens with one attached hydrogen (secondary N) is 2. The third-order valence-corrected chi connectivity index (χ3v) is 2.80. The predicted octanol–water partition coefficient (Wildman–Crippen LogP) is 3.08. The second-order valence-corrected chi connectivity index (χ2v) is 4.36.